The number of rotatable bonds is 2. The minimum Gasteiger partial charge on any atom is -0.225 e. The highest BCUT2D eigenvalue weighted by atomic mass is 35.5. The van der Waals surface area contributed by atoms with E-state index in [4.69, 9.17) is 0 Å². The summed E-state index contributed by atoms with van der Waals surface area (Å²) in [6, 6.07) is 0. The van der Waals surface area contributed by atoms with Crippen LogP contribution in [0, 0.1) is 0 Å². The highest BCUT2D eigenvalue weighted by molar-refractivity contribution is 6.31. The first-order chi connectivity index (χ1) is 3.89. The van der Waals surface area contributed by atoms with Gasteiger partial charge < -0.3 is 0 Å². The van der Waals surface area contributed by atoms with E-state index in [1.165, 1.54) is 0 Å². The average molecular weight is 185 g/mol. The van der Waals surface area contributed by atoms with E-state index in [-0.39, 0.29) is 0 Å². The van der Waals surface area contributed by atoms with Crippen molar-refractivity contribution in [1.82, 2.24) is 0 Å². The quantitative estimate of drug-likeness (QED) is 0.458. The first-order valence-corrected chi connectivity index (χ1v) is 2.64. The van der Waals surface area contributed by atoms with Crippen molar-refractivity contribution >= 4 is 23.2 Å². The zero-order chi connectivity index (χ0) is 7.65. The van der Waals surface area contributed by atoms with Gasteiger partial charge in [0.1, 0.15) is 0 Å². The third kappa shape index (κ3) is 2.18. The Morgan fingerprint density at radius 2 is 1.56 bits per heavy atom. The molecule has 0 rings (SSSR count). The number of halogens is 6. The molecule has 0 aliphatic rings. The third-order valence-electron chi connectivity index (χ3n) is 0.582. The molecule has 9 heavy (non-hydrogen) atoms. The minimum atomic E-state index is -3.76. The van der Waals surface area contributed by atoms with Crippen molar-refractivity contribution < 1.29 is 17.6 Å². The lowest BCUT2D eigenvalue weighted by atomic mass is 10.4. The van der Waals surface area contributed by atoms with Crippen LogP contribution in [0.2, 0.25) is 0 Å². The summed E-state index contributed by atoms with van der Waals surface area (Å²) in [7, 11) is 0. The van der Waals surface area contributed by atoms with Crippen LogP contribution < -0.4 is 0 Å². The van der Waals surface area contributed by atoms with Gasteiger partial charge in [-0.25, -0.2) is 17.6 Å². The topological polar surface area (TPSA) is 0 Å². The summed E-state index contributed by atoms with van der Waals surface area (Å²) in [5.41, 5.74) is -2.89. The standard InChI is InChI=1S/C3H2Cl2F4/c4-1(6)3(5,9)2(7)8/h1-2H. The normalized spacial score (nSPS) is 21.7. The maximum absolute atomic E-state index is 11.8. The zero-order valence-corrected chi connectivity index (χ0v) is 5.43. The average Bonchev–Trinajstić information content (AvgIpc) is 1.65. The SMILES string of the molecule is FC(F)C(F)(Cl)C(F)Cl. The fourth-order valence-corrected chi connectivity index (χ4v) is 0.190. The second-order valence-electron chi connectivity index (χ2n) is 1.28. The van der Waals surface area contributed by atoms with Crippen LogP contribution in [0.15, 0.2) is 0 Å². The van der Waals surface area contributed by atoms with Crippen LogP contribution in [-0.2, 0) is 0 Å². The molecule has 2 atom stereocenters. The minimum absolute atomic E-state index is 2.89. The lowest BCUT2D eigenvalue weighted by molar-refractivity contribution is -0.00363. The summed E-state index contributed by atoms with van der Waals surface area (Å²) in [5, 5.41) is -3.76. The lowest BCUT2D eigenvalue weighted by Gasteiger charge is -2.15. The van der Waals surface area contributed by atoms with Gasteiger partial charge in [0.15, 0.2) is 0 Å². The van der Waals surface area contributed by atoms with E-state index < -0.39 is 17.2 Å². The maximum atomic E-state index is 11.8. The van der Waals surface area contributed by atoms with Crippen molar-refractivity contribution in [1.29, 1.82) is 0 Å². The Kier molecular flexibility index (Phi) is 3.02. The van der Waals surface area contributed by atoms with E-state index in [1.54, 1.807) is 0 Å². The molecule has 0 aliphatic heterocycles. The fraction of sp³-hybridized carbons (Fsp3) is 1.00. The van der Waals surface area contributed by atoms with Crippen LogP contribution in [-0.4, -0.2) is 17.2 Å². The molecule has 56 valence electrons. The molecular formula is C3H2Cl2F4. The number of alkyl halides is 6. The van der Waals surface area contributed by atoms with Crippen LogP contribution in [0.25, 0.3) is 0 Å². The van der Waals surface area contributed by atoms with Crippen molar-refractivity contribution in [3.05, 3.63) is 0 Å². The van der Waals surface area contributed by atoms with Gasteiger partial charge >= 0.3 is 0 Å². The maximum Gasteiger partial charge on any atom is 0.290 e. The Labute approximate surface area is 58.7 Å². The molecule has 0 nitrogen and oxygen atoms in total. The monoisotopic (exact) mass is 184 g/mol. The van der Waals surface area contributed by atoms with Crippen molar-refractivity contribution in [2.45, 2.75) is 17.2 Å². The molecule has 0 N–H and O–H groups in total. The van der Waals surface area contributed by atoms with Gasteiger partial charge in [-0.2, -0.15) is 0 Å². The summed E-state index contributed by atoms with van der Waals surface area (Å²) < 4.78 is 45.8. The van der Waals surface area contributed by atoms with Crippen molar-refractivity contribution in [2.75, 3.05) is 0 Å². The second kappa shape index (κ2) is 2.92. The van der Waals surface area contributed by atoms with E-state index in [0.717, 1.165) is 0 Å². The molecule has 0 amide bonds. The Hall–Kier alpha value is 0.300. The van der Waals surface area contributed by atoms with E-state index in [9.17, 15) is 17.6 Å². The molecule has 0 aromatic carbocycles. The van der Waals surface area contributed by atoms with E-state index in [2.05, 4.69) is 23.2 Å². The highest BCUT2D eigenvalue weighted by Gasteiger charge is 2.46. The molecule has 0 aromatic rings. The van der Waals surface area contributed by atoms with Crippen molar-refractivity contribution in [2.24, 2.45) is 0 Å². The molecule has 6 heteroatoms. The van der Waals surface area contributed by atoms with Crippen molar-refractivity contribution in [3.8, 4) is 0 Å². The largest absolute Gasteiger partial charge is 0.290 e. The molecule has 0 spiro atoms. The van der Waals surface area contributed by atoms with Gasteiger partial charge in [0.2, 0.25) is 5.63 Å². The van der Waals surface area contributed by atoms with Gasteiger partial charge in [0.25, 0.3) is 11.6 Å². The van der Waals surface area contributed by atoms with Crippen molar-refractivity contribution in [3.63, 3.8) is 0 Å². The summed E-state index contributed by atoms with van der Waals surface area (Å²) in [4.78, 5) is 0. The Morgan fingerprint density at radius 1 is 1.22 bits per heavy atom. The molecule has 0 saturated carbocycles. The molecule has 2 unspecified atom stereocenters. The van der Waals surface area contributed by atoms with Crippen LogP contribution in [0.5, 0.6) is 0 Å². The van der Waals surface area contributed by atoms with Gasteiger partial charge in [-0.1, -0.05) is 23.2 Å². The molecule has 0 aromatic heterocycles. The fourth-order valence-electron chi connectivity index (χ4n) is 0.0952. The first-order valence-electron chi connectivity index (χ1n) is 1.83. The lowest BCUT2D eigenvalue weighted by Crippen LogP contribution is -2.32. The van der Waals surface area contributed by atoms with Gasteiger partial charge in [0.05, 0.1) is 0 Å². The van der Waals surface area contributed by atoms with Crippen LogP contribution in [0.3, 0.4) is 0 Å². The first kappa shape index (κ1) is 9.30. The van der Waals surface area contributed by atoms with Gasteiger partial charge in [-0.05, 0) is 0 Å². The van der Waals surface area contributed by atoms with Crippen LogP contribution in [0.1, 0.15) is 0 Å². The van der Waals surface area contributed by atoms with Crippen LogP contribution in [0.4, 0.5) is 17.6 Å². The molecule has 0 saturated heterocycles. The van der Waals surface area contributed by atoms with Gasteiger partial charge in [-0.15, -0.1) is 0 Å². The third-order valence-corrected chi connectivity index (χ3v) is 1.37. The van der Waals surface area contributed by atoms with E-state index in [0.29, 0.717) is 0 Å². The Bertz CT molecular complexity index is 81.8. The van der Waals surface area contributed by atoms with E-state index >= 15 is 0 Å². The Balaban J connectivity index is 4.01. The summed E-state index contributed by atoms with van der Waals surface area (Å²) >= 11 is 8.59. The second-order valence-corrected chi connectivity index (χ2v) is 2.24. The molecule has 0 bridgehead atoms. The number of hydrogen-bond acceptors (Lipinski definition) is 0. The zero-order valence-electron chi connectivity index (χ0n) is 3.92. The molecule has 0 radical (unpaired) electrons. The Morgan fingerprint density at radius 3 is 1.56 bits per heavy atom. The molecular weight excluding hydrogens is 183 g/mol. The summed E-state index contributed by atoms with van der Waals surface area (Å²) in [6.07, 6.45) is -3.62. The predicted octanol–water partition coefficient (Wildman–Crippen LogP) is 2.69. The van der Waals surface area contributed by atoms with Gasteiger partial charge in [0, 0.05) is 0 Å². The smallest absolute Gasteiger partial charge is 0.225 e. The van der Waals surface area contributed by atoms with E-state index in [1.807, 2.05) is 0 Å². The molecule has 0 heterocycles. The van der Waals surface area contributed by atoms with Gasteiger partial charge in [-0.3, -0.25) is 0 Å². The number of hydrogen-bond donors (Lipinski definition) is 0. The summed E-state index contributed by atoms with van der Waals surface area (Å²) in [6.45, 7) is 0. The van der Waals surface area contributed by atoms with Crippen LogP contribution >= 0.6 is 23.2 Å². The molecule has 0 aliphatic carbocycles. The highest BCUT2D eigenvalue weighted by Crippen LogP contribution is 2.33. The predicted molar refractivity (Wildman–Crippen MR) is 26.4 cm³/mol. The molecule has 0 fully saturated rings. The summed E-state index contributed by atoms with van der Waals surface area (Å²) in [5.74, 6) is 0.